The largest absolute Gasteiger partial charge is 0.329 e. The molecule has 118 valence electrons. The van der Waals surface area contributed by atoms with Crippen LogP contribution in [0.3, 0.4) is 0 Å². The van der Waals surface area contributed by atoms with Crippen LogP contribution in [-0.4, -0.2) is 17.5 Å². The van der Waals surface area contributed by atoms with Gasteiger partial charge in [-0.15, -0.1) is 0 Å². The number of hydrogen-bond acceptors (Lipinski definition) is 2. The molecule has 1 fully saturated rings. The number of benzene rings is 2. The van der Waals surface area contributed by atoms with Crippen LogP contribution in [0.4, 0.5) is 10.5 Å². The second-order valence-electron chi connectivity index (χ2n) is 5.69. The zero-order valence-electron chi connectivity index (χ0n) is 12.3. The van der Waals surface area contributed by atoms with Gasteiger partial charge in [-0.05, 0) is 30.7 Å². The summed E-state index contributed by atoms with van der Waals surface area (Å²) in [5.74, 6) is -0.329. The lowest BCUT2D eigenvalue weighted by molar-refractivity contribution is -0.121. The summed E-state index contributed by atoms with van der Waals surface area (Å²) in [7, 11) is 0. The van der Waals surface area contributed by atoms with Gasteiger partial charge < -0.3 is 5.32 Å². The molecule has 1 heterocycles. The third-order valence-electron chi connectivity index (χ3n) is 3.77. The Morgan fingerprint density at radius 1 is 1.04 bits per heavy atom. The van der Waals surface area contributed by atoms with Crippen molar-refractivity contribution in [1.29, 1.82) is 0 Å². The summed E-state index contributed by atoms with van der Waals surface area (Å²) in [6, 6.07) is 13.7. The van der Waals surface area contributed by atoms with E-state index in [1.807, 2.05) is 30.3 Å². The third-order valence-corrected chi connectivity index (χ3v) is 4.20. The summed E-state index contributed by atoms with van der Waals surface area (Å²) in [5.41, 5.74) is 0.323. The average molecular weight is 349 g/mol. The number of nitrogens with one attached hydrogen (secondary N) is 1. The molecule has 3 rings (SSSR count). The highest BCUT2D eigenvalue weighted by molar-refractivity contribution is 6.35. The number of hydrogen-bond donors (Lipinski definition) is 1. The van der Waals surface area contributed by atoms with E-state index >= 15 is 0 Å². The molecule has 0 saturated carbocycles. The molecule has 23 heavy (non-hydrogen) atoms. The van der Waals surface area contributed by atoms with Crippen LogP contribution in [0.15, 0.2) is 48.5 Å². The van der Waals surface area contributed by atoms with Crippen molar-refractivity contribution >= 4 is 40.8 Å². The van der Waals surface area contributed by atoms with E-state index < -0.39 is 11.6 Å². The number of urea groups is 1. The van der Waals surface area contributed by atoms with Crippen molar-refractivity contribution < 1.29 is 9.59 Å². The molecule has 1 saturated heterocycles. The predicted octanol–water partition coefficient (Wildman–Crippen LogP) is 4.05. The molecule has 1 N–H and O–H groups in total. The Hall–Kier alpha value is -2.04. The third kappa shape index (κ3) is 3.05. The molecule has 6 heteroatoms. The maximum Gasteiger partial charge on any atom is 0.329 e. The normalized spacial score (nSPS) is 20.7. The zero-order valence-corrected chi connectivity index (χ0v) is 13.9. The van der Waals surface area contributed by atoms with Gasteiger partial charge in [0, 0.05) is 16.5 Å². The van der Waals surface area contributed by atoms with Gasteiger partial charge >= 0.3 is 6.03 Å². The minimum absolute atomic E-state index is 0.329. The molecular weight excluding hydrogens is 335 g/mol. The van der Waals surface area contributed by atoms with Crippen LogP contribution in [0.1, 0.15) is 12.5 Å². The van der Waals surface area contributed by atoms with Gasteiger partial charge in [0.2, 0.25) is 0 Å². The van der Waals surface area contributed by atoms with E-state index in [1.165, 1.54) is 0 Å². The van der Waals surface area contributed by atoms with E-state index in [9.17, 15) is 9.59 Å². The molecule has 2 aromatic carbocycles. The molecule has 2 aromatic rings. The molecule has 0 aromatic heterocycles. The fourth-order valence-electron chi connectivity index (χ4n) is 2.71. The van der Waals surface area contributed by atoms with Crippen LogP contribution < -0.4 is 10.2 Å². The quantitative estimate of drug-likeness (QED) is 0.850. The molecule has 0 radical (unpaired) electrons. The van der Waals surface area contributed by atoms with Gasteiger partial charge in [-0.3, -0.25) is 4.79 Å². The zero-order chi connectivity index (χ0) is 16.6. The number of nitrogens with zero attached hydrogens (tertiary/aromatic N) is 1. The summed E-state index contributed by atoms with van der Waals surface area (Å²) in [4.78, 5) is 26.2. The summed E-state index contributed by atoms with van der Waals surface area (Å²) >= 11 is 11.9. The first-order valence-corrected chi connectivity index (χ1v) is 7.81. The highest BCUT2D eigenvalue weighted by Crippen LogP contribution is 2.31. The van der Waals surface area contributed by atoms with Crippen molar-refractivity contribution in [2.24, 2.45) is 0 Å². The minimum Gasteiger partial charge on any atom is -0.323 e. The van der Waals surface area contributed by atoms with Crippen molar-refractivity contribution in [1.82, 2.24) is 5.32 Å². The standard InChI is InChI=1S/C17H14Cl2N2O2/c1-17(10-11-5-3-2-4-6-11)15(22)21(16(23)20-17)14-8-12(18)7-13(19)9-14/h2-9H,10H2,1H3,(H,20,23)/t17-/m1/s1. The Balaban J connectivity index is 1.93. The Kier molecular flexibility index (Phi) is 4.04. The van der Waals surface area contributed by atoms with Crippen LogP contribution in [0.5, 0.6) is 0 Å². The van der Waals surface area contributed by atoms with E-state index in [0.717, 1.165) is 10.5 Å². The lowest BCUT2D eigenvalue weighted by Crippen LogP contribution is -2.46. The van der Waals surface area contributed by atoms with Gasteiger partial charge in [0.1, 0.15) is 5.54 Å². The van der Waals surface area contributed by atoms with E-state index in [2.05, 4.69) is 5.32 Å². The highest BCUT2D eigenvalue weighted by Gasteiger charge is 2.48. The van der Waals surface area contributed by atoms with Crippen LogP contribution in [0.25, 0.3) is 0 Å². The van der Waals surface area contributed by atoms with E-state index in [0.29, 0.717) is 22.2 Å². The number of anilines is 1. The topological polar surface area (TPSA) is 49.4 Å². The summed E-state index contributed by atoms with van der Waals surface area (Å²) < 4.78 is 0. The van der Waals surface area contributed by atoms with Gasteiger partial charge in [-0.25, -0.2) is 9.69 Å². The van der Waals surface area contributed by atoms with Crippen molar-refractivity contribution in [3.63, 3.8) is 0 Å². The Bertz CT molecular complexity index is 759. The number of carbonyl (C=O) groups is 2. The number of carbonyl (C=O) groups excluding carboxylic acids is 2. The lowest BCUT2D eigenvalue weighted by Gasteiger charge is -2.22. The van der Waals surface area contributed by atoms with Crippen molar-refractivity contribution in [3.05, 3.63) is 64.1 Å². The van der Waals surface area contributed by atoms with Gasteiger partial charge in [0.25, 0.3) is 5.91 Å². The second kappa shape index (κ2) is 5.87. The van der Waals surface area contributed by atoms with Gasteiger partial charge in [0.05, 0.1) is 5.69 Å². The van der Waals surface area contributed by atoms with Crippen LogP contribution >= 0.6 is 23.2 Å². The first-order chi connectivity index (χ1) is 10.9. The Labute approximate surface area is 144 Å². The highest BCUT2D eigenvalue weighted by atomic mass is 35.5. The first-order valence-electron chi connectivity index (χ1n) is 7.06. The molecular formula is C17H14Cl2N2O2. The second-order valence-corrected chi connectivity index (χ2v) is 6.57. The maximum atomic E-state index is 12.8. The van der Waals surface area contributed by atoms with Gasteiger partial charge in [-0.2, -0.15) is 0 Å². The Morgan fingerprint density at radius 3 is 2.26 bits per heavy atom. The molecule has 0 aliphatic carbocycles. The van der Waals surface area contributed by atoms with E-state index in [1.54, 1.807) is 25.1 Å². The molecule has 0 bridgehead atoms. The number of amides is 3. The summed E-state index contributed by atoms with van der Waals surface area (Å²) in [6.45, 7) is 1.71. The van der Waals surface area contributed by atoms with Crippen LogP contribution in [0, 0.1) is 0 Å². The van der Waals surface area contributed by atoms with Crippen molar-refractivity contribution in [2.45, 2.75) is 18.9 Å². The fraction of sp³-hybridized carbons (Fsp3) is 0.176. The SMILES string of the molecule is C[C@]1(Cc2ccccc2)NC(=O)N(c2cc(Cl)cc(Cl)c2)C1=O. The number of imide groups is 1. The Morgan fingerprint density at radius 2 is 1.65 bits per heavy atom. The molecule has 1 atom stereocenters. The molecule has 1 aliphatic heterocycles. The molecule has 3 amide bonds. The number of rotatable bonds is 3. The number of halogens is 2. The summed E-state index contributed by atoms with van der Waals surface area (Å²) in [6.07, 6.45) is 0.406. The van der Waals surface area contributed by atoms with E-state index in [4.69, 9.17) is 23.2 Å². The summed E-state index contributed by atoms with van der Waals surface area (Å²) in [5, 5.41) is 3.50. The lowest BCUT2D eigenvalue weighted by atomic mass is 9.93. The average Bonchev–Trinajstić information content (AvgIpc) is 2.68. The molecule has 0 spiro atoms. The van der Waals surface area contributed by atoms with Crippen molar-refractivity contribution in [3.8, 4) is 0 Å². The maximum absolute atomic E-state index is 12.8. The van der Waals surface area contributed by atoms with Gasteiger partial charge in [-0.1, -0.05) is 53.5 Å². The minimum atomic E-state index is -1.01. The molecule has 0 unspecified atom stereocenters. The van der Waals surface area contributed by atoms with Crippen LogP contribution in [-0.2, 0) is 11.2 Å². The molecule has 1 aliphatic rings. The molecule has 4 nitrogen and oxygen atoms in total. The predicted molar refractivity (Wildman–Crippen MR) is 91.0 cm³/mol. The van der Waals surface area contributed by atoms with Gasteiger partial charge in [0.15, 0.2) is 0 Å². The van der Waals surface area contributed by atoms with Crippen molar-refractivity contribution in [2.75, 3.05) is 4.90 Å². The van der Waals surface area contributed by atoms with Crippen LogP contribution in [0.2, 0.25) is 10.0 Å². The fourth-order valence-corrected chi connectivity index (χ4v) is 3.23. The van der Waals surface area contributed by atoms with E-state index in [-0.39, 0.29) is 5.91 Å². The monoisotopic (exact) mass is 348 g/mol. The first kappa shape index (κ1) is 15.8. The smallest absolute Gasteiger partial charge is 0.323 e.